The van der Waals surface area contributed by atoms with Crippen molar-refractivity contribution >= 4 is 40.6 Å². The maximum absolute atomic E-state index is 12.9. The van der Waals surface area contributed by atoms with Gasteiger partial charge in [-0.15, -0.1) is 0 Å². The second kappa shape index (κ2) is 11.5. The number of rotatable bonds is 9. The summed E-state index contributed by atoms with van der Waals surface area (Å²) in [4.78, 5) is 47.4. The van der Waals surface area contributed by atoms with Crippen LogP contribution in [-0.2, 0) is 4.79 Å². The molecule has 0 aliphatic rings. The van der Waals surface area contributed by atoms with Crippen LogP contribution in [0.4, 0.5) is 27.5 Å². The number of non-ortho nitro benzene ring substituents is 1. The molecule has 0 bridgehead atoms. The molecule has 3 rings (SSSR count). The predicted molar refractivity (Wildman–Crippen MR) is 137 cm³/mol. The van der Waals surface area contributed by atoms with Crippen LogP contribution in [0.1, 0.15) is 28.8 Å². The third-order valence-corrected chi connectivity index (χ3v) is 5.42. The lowest BCUT2D eigenvalue weighted by Gasteiger charge is -2.17. The first-order chi connectivity index (χ1) is 17.6. The van der Waals surface area contributed by atoms with E-state index in [1.54, 1.807) is 31.2 Å². The third kappa shape index (κ3) is 6.51. The molecule has 4 amide bonds. The number of carbonyl (C=O) groups excluding carboxylic acids is 3. The quantitative estimate of drug-likeness (QED) is 0.249. The van der Waals surface area contributed by atoms with Crippen molar-refractivity contribution in [3.8, 4) is 11.5 Å². The van der Waals surface area contributed by atoms with E-state index in [4.69, 9.17) is 15.2 Å². The van der Waals surface area contributed by atoms with Gasteiger partial charge in [0.2, 0.25) is 5.91 Å². The zero-order valence-electron chi connectivity index (χ0n) is 20.2. The Morgan fingerprint density at radius 3 is 2.11 bits per heavy atom. The normalized spacial score (nSPS) is 11.1. The van der Waals surface area contributed by atoms with Crippen molar-refractivity contribution in [2.45, 2.75) is 12.8 Å². The van der Waals surface area contributed by atoms with Crippen molar-refractivity contribution in [3.05, 3.63) is 81.9 Å². The molecule has 0 aromatic heterocycles. The molecule has 12 nitrogen and oxygen atoms in total. The number of ether oxygens (including phenoxy) is 2. The van der Waals surface area contributed by atoms with E-state index in [-0.39, 0.29) is 22.6 Å². The lowest BCUT2D eigenvalue weighted by molar-refractivity contribution is -0.384. The van der Waals surface area contributed by atoms with Gasteiger partial charge in [0, 0.05) is 29.6 Å². The van der Waals surface area contributed by atoms with Crippen molar-refractivity contribution < 1.29 is 28.8 Å². The maximum Gasteiger partial charge on any atom is 0.323 e. The number of amides is 4. The van der Waals surface area contributed by atoms with Gasteiger partial charge in [0.15, 0.2) is 11.5 Å². The van der Waals surface area contributed by atoms with Gasteiger partial charge in [-0.3, -0.25) is 19.7 Å². The summed E-state index contributed by atoms with van der Waals surface area (Å²) in [7, 11) is 2.84. The summed E-state index contributed by atoms with van der Waals surface area (Å²) in [6.45, 7) is 1.68. The summed E-state index contributed by atoms with van der Waals surface area (Å²) in [5.74, 6) is -1.17. The highest BCUT2D eigenvalue weighted by molar-refractivity contribution is 6.05. The van der Waals surface area contributed by atoms with E-state index in [1.165, 1.54) is 50.6 Å². The Labute approximate surface area is 211 Å². The fraction of sp³-hybridized carbons (Fsp3) is 0.160. The van der Waals surface area contributed by atoms with E-state index in [0.717, 1.165) is 0 Å². The van der Waals surface area contributed by atoms with Gasteiger partial charge >= 0.3 is 6.03 Å². The van der Waals surface area contributed by atoms with Crippen molar-refractivity contribution in [2.75, 3.05) is 30.2 Å². The minimum Gasteiger partial charge on any atom is -0.493 e. The van der Waals surface area contributed by atoms with Crippen LogP contribution in [0.5, 0.6) is 11.5 Å². The van der Waals surface area contributed by atoms with Crippen LogP contribution in [0.3, 0.4) is 0 Å². The van der Waals surface area contributed by atoms with Crippen LogP contribution in [0, 0.1) is 10.1 Å². The number of nitrogens with one attached hydrogen (secondary N) is 3. The molecule has 0 radical (unpaired) electrons. The van der Waals surface area contributed by atoms with Crippen LogP contribution in [0.2, 0.25) is 0 Å². The molecule has 0 aliphatic carbocycles. The van der Waals surface area contributed by atoms with Crippen molar-refractivity contribution in [1.29, 1.82) is 0 Å². The first-order valence-corrected chi connectivity index (χ1v) is 10.9. The molecule has 3 aromatic rings. The standard InChI is InChI=1S/C25H25N5O7/c1-14(24(32)29-20-13-22(37-3)21(36-2)12-19(20)23(26)31)15-7-9-16(10-8-15)27-25(33)28-17-5-4-6-18(11-17)30(34)35/h4-14H,1-3H3,(H2,26,31)(H,29,32)(H2,27,28,33). The first kappa shape index (κ1) is 26.5. The maximum atomic E-state index is 12.9. The number of primary amides is 1. The Bertz CT molecular complexity index is 1340. The molecule has 0 aliphatic heterocycles. The average molecular weight is 508 g/mol. The van der Waals surface area contributed by atoms with E-state index in [2.05, 4.69) is 16.0 Å². The Morgan fingerprint density at radius 1 is 0.892 bits per heavy atom. The lowest BCUT2D eigenvalue weighted by Crippen LogP contribution is -2.22. The molecule has 3 aromatic carbocycles. The Balaban J connectivity index is 1.68. The van der Waals surface area contributed by atoms with Crippen molar-refractivity contribution in [1.82, 2.24) is 0 Å². The Morgan fingerprint density at radius 2 is 1.51 bits per heavy atom. The van der Waals surface area contributed by atoms with Crippen LogP contribution < -0.4 is 31.2 Å². The topological polar surface area (TPSA) is 175 Å². The van der Waals surface area contributed by atoms with E-state index in [1.807, 2.05) is 0 Å². The highest BCUT2D eigenvalue weighted by Crippen LogP contribution is 2.34. The van der Waals surface area contributed by atoms with E-state index in [0.29, 0.717) is 22.7 Å². The molecule has 0 heterocycles. The van der Waals surface area contributed by atoms with Crippen LogP contribution in [0.25, 0.3) is 0 Å². The molecule has 0 fully saturated rings. The number of nitro groups is 1. The van der Waals surface area contributed by atoms with E-state index in [9.17, 15) is 24.5 Å². The SMILES string of the molecule is COc1cc(NC(=O)C(C)c2ccc(NC(=O)Nc3cccc([N+](=O)[O-])c3)cc2)c(C(N)=O)cc1OC. The molecule has 192 valence electrons. The first-order valence-electron chi connectivity index (χ1n) is 10.9. The zero-order valence-corrected chi connectivity index (χ0v) is 20.2. The van der Waals surface area contributed by atoms with E-state index < -0.39 is 28.7 Å². The molecule has 37 heavy (non-hydrogen) atoms. The van der Waals surface area contributed by atoms with Gasteiger partial charge < -0.3 is 31.2 Å². The predicted octanol–water partition coefficient (Wildman–Crippen LogP) is 4.10. The van der Waals surface area contributed by atoms with Gasteiger partial charge in [0.05, 0.1) is 36.3 Å². The summed E-state index contributed by atoms with van der Waals surface area (Å²) in [6, 6.07) is 14.3. The monoisotopic (exact) mass is 507 g/mol. The fourth-order valence-corrected chi connectivity index (χ4v) is 3.42. The number of anilines is 3. The summed E-state index contributed by atoms with van der Waals surface area (Å²) >= 11 is 0. The number of hydrogen-bond acceptors (Lipinski definition) is 7. The summed E-state index contributed by atoms with van der Waals surface area (Å²) in [5.41, 5.74) is 6.90. The molecule has 5 N–H and O–H groups in total. The minimum absolute atomic E-state index is 0.0625. The van der Waals surface area contributed by atoms with Gasteiger partial charge in [-0.2, -0.15) is 0 Å². The number of urea groups is 1. The van der Waals surface area contributed by atoms with Gasteiger partial charge in [-0.05, 0) is 36.8 Å². The molecule has 0 spiro atoms. The summed E-state index contributed by atoms with van der Waals surface area (Å²) in [5, 5.41) is 18.7. The number of benzene rings is 3. The zero-order chi connectivity index (χ0) is 27.1. The highest BCUT2D eigenvalue weighted by atomic mass is 16.6. The average Bonchev–Trinajstić information content (AvgIpc) is 2.88. The smallest absolute Gasteiger partial charge is 0.323 e. The molecule has 1 atom stereocenters. The van der Waals surface area contributed by atoms with Gasteiger partial charge in [0.25, 0.3) is 11.6 Å². The fourth-order valence-electron chi connectivity index (χ4n) is 3.42. The molecular weight excluding hydrogens is 482 g/mol. The number of hydrogen-bond donors (Lipinski definition) is 4. The van der Waals surface area contributed by atoms with Gasteiger partial charge in [-0.25, -0.2) is 4.79 Å². The molecule has 0 saturated carbocycles. The Kier molecular flexibility index (Phi) is 8.25. The second-order valence-electron chi connectivity index (χ2n) is 7.84. The minimum atomic E-state index is -0.747. The van der Waals surface area contributed by atoms with Crippen LogP contribution in [-0.4, -0.2) is 37.0 Å². The summed E-state index contributed by atoms with van der Waals surface area (Å²) < 4.78 is 10.4. The number of nitrogens with two attached hydrogens (primary N) is 1. The lowest BCUT2D eigenvalue weighted by atomic mass is 9.99. The number of methoxy groups -OCH3 is 2. The molecule has 0 saturated heterocycles. The van der Waals surface area contributed by atoms with Crippen LogP contribution in [0.15, 0.2) is 60.7 Å². The molecule has 12 heteroatoms. The van der Waals surface area contributed by atoms with Crippen molar-refractivity contribution in [2.24, 2.45) is 5.73 Å². The largest absolute Gasteiger partial charge is 0.493 e. The van der Waals surface area contributed by atoms with Crippen LogP contribution >= 0.6 is 0 Å². The Hall–Kier alpha value is -5.13. The van der Waals surface area contributed by atoms with Gasteiger partial charge in [0.1, 0.15) is 0 Å². The van der Waals surface area contributed by atoms with Crippen molar-refractivity contribution in [3.63, 3.8) is 0 Å². The third-order valence-electron chi connectivity index (χ3n) is 5.42. The molecule has 1 unspecified atom stereocenters. The van der Waals surface area contributed by atoms with Gasteiger partial charge in [-0.1, -0.05) is 18.2 Å². The second-order valence-corrected chi connectivity index (χ2v) is 7.84. The highest BCUT2D eigenvalue weighted by Gasteiger charge is 2.21. The number of nitro benzene ring substituents is 1. The molecular formula is C25H25N5O7. The number of carbonyl (C=O) groups is 3. The number of nitrogens with zero attached hydrogens (tertiary/aromatic N) is 1. The summed E-state index contributed by atoms with van der Waals surface area (Å²) in [6.07, 6.45) is 0. The van der Waals surface area contributed by atoms with E-state index >= 15 is 0 Å².